The predicted octanol–water partition coefficient (Wildman–Crippen LogP) is 4.47. The summed E-state index contributed by atoms with van der Waals surface area (Å²) in [7, 11) is 0. The molecule has 0 radical (unpaired) electrons. The summed E-state index contributed by atoms with van der Waals surface area (Å²) in [5, 5.41) is 31.1. The average Bonchev–Trinajstić information content (AvgIpc) is 3.52. The Bertz CT molecular complexity index is 1520. The second-order valence-corrected chi connectivity index (χ2v) is 7.74. The van der Waals surface area contributed by atoms with E-state index in [1.807, 2.05) is 24.3 Å². The van der Waals surface area contributed by atoms with Gasteiger partial charge in [-0.2, -0.15) is 0 Å². The first-order chi connectivity index (χ1) is 16.0. The molecule has 0 amide bonds. The fraction of sp³-hybridized carbons (Fsp3) is 0.120. The smallest absolute Gasteiger partial charge is 0.372 e. The van der Waals surface area contributed by atoms with E-state index in [1.54, 1.807) is 24.4 Å². The van der Waals surface area contributed by atoms with E-state index in [0.717, 1.165) is 16.6 Å². The molecule has 5 rings (SSSR count). The highest BCUT2D eigenvalue weighted by atomic mass is 16.4. The molecule has 5 aromatic rings. The normalized spacial score (nSPS) is 11.4. The summed E-state index contributed by atoms with van der Waals surface area (Å²) in [5.74, 6) is -3.49. The fourth-order valence-electron chi connectivity index (χ4n) is 4.26. The number of carbonyl (C=O) groups excluding carboxylic acids is 1. The molecule has 0 saturated heterocycles. The van der Waals surface area contributed by atoms with Gasteiger partial charge in [-0.25, -0.2) is 4.79 Å². The first kappa shape index (κ1) is 20.6. The van der Waals surface area contributed by atoms with Crippen molar-refractivity contribution in [1.82, 2.24) is 9.97 Å². The molecular formula is C25H20N2O6. The molecule has 0 fully saturated rings. The minimum atomic E-state index is -1.39. The molecule has 0 bridgehead atoms. The lowest BCUT2D eigenvalue weighted by Gasteiger charge is -2.03. The molecule has 2 aromatic carbocycles. The maximum Gasteiger partial charge on any atom is 0.372 e. The van der Waals surface area contributed by atoms with Gasteiger partial charge in [0.15, 0.2) is 5.75 Å². The van der Waals surface area contributed by atoms with Gasteiger partial charge in [-0.3, -0.25) is 4.79 Å². The zero-order valence-electron chi connectivity index (χ0n) is 17.4. The van der Waals surface area contributed by atoms with E-state index in [0.29, 0.717) is 29.2 Å². The van der Waals surface area contributed by atoms with Gasteiger partial charge < -0.3 is 29.7 Å². The van der Waals surface area contributed by atoms with Crippen molar-refractivity contribution in [3.63, 3.8) is 0 Å². The number of aromatic carboxylic acids is 1. The lowest BCUT2D eigenvalue weighted by molar-refractivity contribution is 0.0661. The number of carboxylic acid groups (broad SMARTS) is 1. The number of H-pyrrole nitrogens is 2. The second kappa shape index (κ2) is 7.99. The Kier molecular flexibility index (Phi) is 4.99. The van der Waals surface area contributed by atoms with Crippen molar-refractivity contribution in [3.05, 3.63) is 77.5 Å². The lowest BCUT2D eigenvalue weighted by atomic mass is 10.0. The van der Waals surface area contributed by atoms with Crippen molar-refractivity contribution < 1.29 is 29.3 Å². The van der Waals surface area contributed by atoms with Gasteiger partial charge in [0.1, 0.15) is 0 Å². The topological polar surface area (TPSA) is 140 Å². The Hall–Kier alpha value is -4.30. The summed E-state index contributed by atoms with van der Waals surface area (Å²) in [4.78, 5) is 31.4. The Balaban J connectivity index is 1.65. The number of furan rings is 1. The minimum absolute atomic E-state index is 0.0493. The van der Waals surface area contributed by atoms with Crippen LogP contribution < -0.4 is 0 Å². The number of hydrogen-bond acceptors (Lipinski definition) is 5. The largest absolute Gasteiger partial charge is 0.504 e. The van der Waals surface area contributed by atoms with Crippen molar-refractivity contribution in [2.75, 3.05) is 6.61 Å². The summed E-state index contributed by atoms with van der Waals surface area (Å²) < 4.78 is 5.45. The molecule has 0 spiro atoms. The highest BCUT2D eigenvalue weighted by Crippen LogP contribution is 2.42. The van der Waals surface area contributed by atoms with Gasteiger partial charge in [0, 0.05) is 46.4 Å². The van der Waals surface area contributed by atoms with Crippen LogP contribution in [0.25, 0.3) is 32.9 Å². The number of nitrogens with one attached hydrogen (secondary N) is 2. The molecule has 8 nitrogen and oxygen atoms in total. The second-order valence-electron chi connectivity index (χ2n) is 7.74. The van der Waals surface area contributed by atoms with Gasteiger partial charge in [0.2, 0.25) is 17.3 Å². The molecule has 166 valence electrons. The zero-order valence-corrected chi connectivity index (χ0v) is 17.4. The minimum Gasteiger partial charge on any atom is -0.504 e. The number of carboxylic acids is 1. The number of aryl methyl sites for hydroxylation is 1. The number of carbonyl (C=O) groups is 2. The number of fused-ring (bicyclic) bond motifs is 2. The summed E-state index contributed by atoms with van der Waals surface area (Å²) in [6.07, 6.45) is 4.30. The van der Waals surface area contributed by atoms with E-state index < -0.39 is 29.0 Å². The Morgan fingerprint density at radius 1 is 0.939 bits per heavy atom. The summed E-state index contributed by atoms with van der Waals surface area (Å²) >= 11 is 0. The third kappa shape index (κ3) is 3.28. The predicted molar refractivity (Wildman–Crippen MR) is 122 cm³/mol. The Labute approximate surface area is 187 Å². The Morgan fingerprint density at radius 2 is 1.73 bits per heavy atom. The van der Waals surface area contributed by atoms with Gasteiger partial charge in [-0.15, -0.1) is 0 Å². The molecule has 5 N–H and O–H groups in total. The van der Waals surface area contributed by atoms with Crippen LogP contribution in [0.4, 0.5) is 0 Å². The lowest BCUT2D eigenvalue weighted by Crippen LogP contribution is -2.00. The van der Waals surface area contributed by atoms with E-state index in [9.17, 15) is 19.8 Å². The van der Waals surface area contributed by atoms with Crippen molar-refractivity contribution >= 4 is 33.6 Å². The van der Waals surface area contributed by atoms with Crippen LogP contribution in [-0.2, 0) is 6.42 Å². The SMILES string of the molecule is O=C(O)c1oc(C(=O)c2c[nH]c3c(CCCO)cccc23)c(O)c1-c1c[nH]c2ccccc12. The molecular weight excluding hydrogens is 424 g/mol. The standard InChI is InChI=1S/C25H20N2O6/c28-10-4-6-13-5-3-8-15-17(12-27-20(13)15)21(29)24-22(30)19(23(33-24)25(31)32)16-11-26-18-9-2-1-7-14(16)18/h1-3,5,7-9,11-12,26-28,30H,4,6,10H2,(H,31,32). The van der Waals surface area contributed by atoms with Crippen molar-refractivity contribution in [2.24, 2.45) is 0 Å². The van der Waals surface area contributed by atoms with E-state index in [1.165, 1.54) is 6.20 Å². The summed E-state index contributed by atoms with van der Waals surface area (Å²) in [6.45, 7) is 0.0533. The molecule has 0 atom stereocenters. The number of ketones is 1. The van der Waals surface area contributed by atoms with Crippen LogP contribution in [0.5, 0.6) is 5.75 Å². The van der Waals surface area contributed by atoms with Crippen molar-refractivity contribution in [2.45, 2.75) is 12.8 Å². The van der Waals surface area contributed by atoms with Crippen LogP contribution in [0, 0.1) is 0 Å². The maximum absolute atomic E-state index is 13.4. The van der Waals surface area contributed by atoms with E-state index >= 15 is 0 Å². The van der Waals surface area contributed by atoms with Crippen LogP contribution in [0.1, 0.15) is 38.7 Å². The first-order valence-electron chi connectivity index (χ1n) is 10.4. The number of aromatic nitrogens is 2. The monoisotopic (exact) mass is 444 g/mol. The van der Waals surface area contributed by atoms with Gasteiger partial charge in [0.05, 0.1) is 11.1 Å². The number of aliphatic hydroxyl groups is 1. The number of rotatable bonds is 7. The van der Waals surface area contributed by atoms with Crippen LogP contribution in [0.2, 0.25) is 0 Å². The number of aliphatic hydroxyl groups excluding tert-OH is 1. The van der Waals surface area contributed by atoms with Gasteiger partial charge in [-0.1, -0.05) is 36.4 Å². The van der Waals surface area contributed by atoms with E-state index in [4.69, 9.17) is 9.52 Å². The molecule has 0 saturated carbocycles. The average molecular weight is 444 g/mol. The third-order valence-electron chi connectivity index (χ3n) is 5.79. The summed E-state index contributed by atoms with van der Waals surface area (Å²) in [6, 6.07) is 12.7. The van der Waals surface area contributed by atoms with Gasteiger partial charge in [-0.05, 0) is 24.5 Å². The number of benzene rings is 2. The fourth-order valence-corrected chi connectivity index (χ4v) is 4.26. The highest BCUT2D eigenvalue weighted by molar-refractivity contribution is 6.18. The number of para-hydroxylation sites is 2. The zero-order chi connectivity index (χ0) is 23.1. The van der Waals surface area contributed by atoms with Crippen LogP contribution in [0.3, 0.4) is 0 Å². The van der Waals surface area contributed by atoms with Crippen molar-refractivity contribution in [1.29, 1.82) is 0 Å². The molecule has 3 heterocycles. The maximum atomic E-state index is 13.4. The number of aromatic hydroxyl groups is 1. The molecule has 0 aliphatic carbocycles. The summed E-state index contributed by atoms with van der Waals surface area (Å²) in [5.41, 5.74) is 3.07. The molecule has 8 heteroatoms. The van der Waals surface area contributed by atoms with Crippen LogP contribution in [0.15, 0.2) is 59.3 Å². The van der Waals surface area contributed by atoms with E-state index in [-0.39, 0.29) is 17.7 Å². The van der Waals surface area contributed by atoms with E-state index in [2.05, 4.69) is 9.97 Å². The van der Waals surface area contributed by atoms with Crippen LogP contribution >= 0.6 is 0 Å². The molecule has 0 unspecified atom stereocenters. The first-order valence-corrected chi connectivity index (χ1v) is 10.4. The molecule has 33 heavy (non-hydrogen) atoms. The van der Waals surface area contributed by atoms with Gasteiger partial charge >= 0.3 is 5.97 Å². The van der Waals surface area contributed by atoms with Crippen molar-refractivity contribution in [3.8, 4) is 16.9 Å². The van der Waals surface area contributed by atoms with Crippen LogP contribution in [-0.4, -0.2) is 43.6 Å². The molecule has 0 aliphatic rings. The number of aromatic amines is 2. The molecule has 0 aliphatic heterocycles. The Morgan fingerprint density at radius 3 is 2.52 bits per heavy atom. The third-order valence-corrected chi connectivity index (χ3v) is 5.79. The number of hydrogen-bond donors (Lipinski definition) is 5. The highest BCUT2D eigenvalue weighted by Gasteiger charge is 2.32. The quantitative estimate of drug-likeness (QED) is 0.235. The van der Waals surface area contributed by atoms with Gasteiger partial charge in [0.25, 0.3) is 0 Å². The molecule has 3 aromatic heterocycles.